The smallest absolute Gasteiger partial charge is 0.137 e. The molecule has 0 saturated heterocycles. The predicted octanol–water partition coefficient (Wildman–Crippen LogP) is 0.884. The first-order chi connectivity index (χ1) is 4.74. The highest BCUT2D eigenvalue weighted by atomic mass is 16.1. The lowest BCUT2D eigenvalue weighted by molar-refractivity contribution is -0.109. The monoisotopic (exact) mass is 139 g/mol. The Bertz CT molecular complexity index is 172. The molecule has 2 heteroatoms. The zero-order chi connectivity index (χ0) is 7.56. The van der Waals surface area contributed by atoms with Crippen LogP contribution in [0, 0.1) is 0 Å². The number of aldehydes is 1. The Balaban J connectivity index is 2.62. The molecule has 0 spiro atoms. The maximum atomic E-state index is 10.3. The predicted molar refractivity (Wildman–Crippen MR) is 40.8 cm³/mol. The Morgan fingerprint density at radius 3 is 2.70 bits per heavy atom. The number of carbonyl (C=O) groups excluding carboxylic acids is 1. The summed E-state index contributed by atoms with van der Waals surface area (Å²) in [6.07, 6.45) is 1.87. The van der Waals surface area contributed by atoms with Gasteiger partial charge in [-0.3, -0.25) is 0 Å². The molecule has 0 bridgehead atoms. The van der Waals surface area contributed by atoms with Crippen molar-refractivity contribution >= 4 is 6.29 Å². The van der Waals surface area contributed by atoms with Crippen LogP contribution in [0.2, 0.25) is 0 Å². The first kappa shape index (κ1) is 7.48. The molecule has 56 valence electrons. The third-order valence-corrected chi connectivity index (χ3v) is 2.05. The van der Waals surface area contributed by atoms with Gasteiger partial charge in [0.25, 0.3) is 0 Å². The molecule has 1 N–H and O–H groups in total. The van der Waals surface area contributed by atoms with Gasteiger partial charge in [-0.25, -0.2) is 0 Å². The van der Waals surface area contributed by atoms with E-state index in [0.717, 1.165) is 19.3 Å². The molecule has 2 nitrogen and oxygen atoms in total. The van der Waals surface area contributed by atoms with Gasteiger partial charge in [0, 0.05) is 6.54 Å². The number of hydrogen-bond donors (Lipinski definition) is 1. The number of hydrogen-bond acceptors (Lipinski definition) is 2. The van der Waals surface area contributed by atoms with E-state index in [1.165, 1.54) is 11.1 Å². The van der Waals surface area contributed by atoms with Gasteiger partial charge in [0.05, 0.1) is 6.04 Å². The highest BCUT2D eigenvalue weighted by Gasteiger charge is 2.13. The zero-order valence-corrected chi connectivity index (χ0v) is 6.48. The number of rotatable bonds is 1. The second kappa shape index (κ2) is 2.97. The van der Waals surface area contributed by atoms with E-state index in [4.69, 9.17) is 0 Å². The van der Waals surface area contributed by atoms with E-state index in [0.29, 0.717) is 0 Å². The molecule has 1 aliphatic heterocycles. The van der Waals surface area contributed by atoms with E-state index in [9.17, 15) is 4.79 Å². The van der Waals surface area contributed by atoms with E-state index in [1.54, 1.807) is 0 Å². The largest absolute Gasteiger partial charge is 0.304 e. The molecule has 1 aliphatic rings. The summed E-state index contributed by atoms with van der Waals surface area (Å²) in [5.74, 6) is 0. The molecule has 0 aromatic heterocycles. The molecular formula is C8H13NO. The minimum Gasteiger partial charge on any atom is -0.304 e. The fourth-order valence-corrected chi connectivity index (χ4v) is 1.11. The molecular weight excluding hydrogens is 126 g/mol. The van der Waals surface area contributed by atoms with Gasteiger partial charge < -0.3 is 10.1 Å². The van der Waals surface area contributed by atoms with Crippen LogP contribution in [-0.4, -0.2) is 18.9 Å². The Morgan fingerprint density at radius 2 is 2.20 bits per heavy atom. The van der Waals surface area contributed by atoms with Gasteiger partial charge in [0.15, 0.2) is 0 Å². The minimum absolute atomic E-state index is 0.0590. The van der Waals surface area contributed by atoms with Crippen molar-refractivity contribution in [3.05, 3.63) is 11.1 Å². The molecule has 1 rings (SSSR count). The lowest BCUT2D eigenvalue weighted by Gasteiger charge is -2.21. The fourth-order valence-electron chi connectivity index (χ4n) is 1.11. The first-order valence-corrected chi connectivity index (χ1v) is 3.58. The van der Waals surface area contributed by atoms with Gasteiger partial charge in [0.2, 0.25) is 0 Å². The summed E-state index contributed by atoms with van der Waals surface area (Å²) in [7, 11) is 0. The van der Waals surface area contributed by atoms with Crippen molar-refractivity contribution in [2.45, 2.75) is 26.3 Å². The summed E-state index contributed by atoms with van der Waals surface area (Å²) in [5, 5.41) is 3.12. The van der Waals surface area contributed by atoms with E-state index < -0.39 is 0 Å². The van der Waals surface area contributed by atoms with Crippen LogP contribution in [0.1, 0.15) is 20.3 Å². The summed E-state index contributed by atoms with van der Waals surface area (Å²) >= 11 is 0. The number of carbonyl (C=O) groups is 1. The maximum absolute atomic E-state index is 10.3. The fraction of sp³-hybridized carbons (Fsp3) is 0.625. The average Bonchev–Trinajstić information content (AvgIpc) is 1.95. The van der Waals surface area contributed by atoms with Crippen molar-refractivity contribution in [3.8, 4) is 0 Å². The average molecular weight is 139 g/mol. The molecule has 0 amide bonds. The normalized spacial score (nSPS) is 26.8. The molecule has 0 aliphatic carbocycles. The highest BCUT2D eigenvalue weighted by molar-refractivity contribution is 5.59. The van der Waals surface area contributed by atoms with Crippen LogP contribution in [0.4, 0.5) is 0 Å². The topological polar surface area (TPSA) is 29.1 Å². The zero-order valence-electron chi connectivity index (χ0n) is 6.48. The Hall–Kier alpha value is -0.630. The van der Waals surface area contributed by atoms with Gasteiger partial charge in [-0.1, -0.05) is 11.1 Å². The van der Waals surface area contributed by atoms with E-state index in [2.05, 4.69) is 19.2 Å². The second-order valence-electron chi connectivity index (χ2n) is 2.89. The van der Waals surface area contributed by atoms with E-state index >= 15 is 0 Å². The Labute approximate surface area is 61.3 Å². The van der Waals surface area contributed by atoms with Crippen LogP contribution in [0.15, 0.2) is 11.1 Å². The standard InChI is InChI=1S/C8H13NO/c1-6-3-8(5-10)9-4-7(6)2/h5,8-9H,3-4H2,1-2H3/t8-/m1/s1. The molecule has 0 fully saturated rings. The molecule has 0 radical (unpaired) electrons. The Morgan fingerprint density at radius 1 is 1.50 bits per heavy atom. The lowest BCUT2D eigenvalue weighted by Crippen LogP contribution is -2.35. The van der Waals surface area contributed by atoms with Crippen LogP contribution >= 0.6 is 0 Å². The van der Waals surface area contributed by atoms with E-state index in [1.807, 2.05) is 0 Å². The van der Waals surface area contributed by atoms with Crippen molar-refractivity contribution in [2.75, 3.05) is 6.54 Å². The second-order valence-corrected chi connectivity index (χ2v) is 2.89. The number of nitrogens with one attached hydrogen (secondary N) is 1. The first-order valence-electron chi connectivity index (χ1n) is 3.58. The summed E-state index contributed by atoms with van der Waals surface area (Å²) < 4.78 is 0. The molecule has 1 atom stereocenters. The van der Waals surface area contributed by atoms with Crippen LogP contribution in [0.25, 0.3) is 0 Å². The van der Waals surface area contributed by atoms with Crippen molar-refractivity contribution in [1.82, 2.24) is 5.32 Å². The minimum atomic E-state index is 0.0590. The van der Waals surface area contributed by atoms with Gasteiger partial charge >= 0.3 is 0 Å². The Kier molecular flexibility index (Phi) is 2.22. The molecule has 0 aromatic rings. The van der Waals surface area contributed by atoms with Crippen LogP contribution in [0.5, 0.6) is 0 Å². The summed E-state index contributed by atoms with van der Waals surface area (Å²) in [5.41, 5.74) is 2.73. The third kappa shape index (κ3) is 1.45. The molecule has 1 heterocycles. The summed E-state index contributed by atoms with van der Waals surface area (Å²) in [6.45, 7) is 5.06. The highest BCUT2D eigenvalue weighted by Crippen LogP contribution is 2.13. The van der Waals surface area contributed by atoms with Crippen molar-refractivity contribution in [3.63, 3.8) is 0 Å². The quantitative estimate of drug-likeness (QED) is 0.431. The van der Waals surface area contributed by atoms with Gasteiger partial charge in [-0.05, 0) is 20.3 Å². The molecule has 10 heavy (non-hydrogen) atoms. The third-order valence-electron chi connectivity index (χ3n) is 2.05. The van der Waals surface area contributed by atoms with Gasteiger partial charge in [0.1, 0.15) is 6.29 Å². The maximum Gasteiger partial charge on any atom is 0.137 e. The molecule has 0 saturated carbocycles. The van der Waals surface area contributed by atoms with Crippen LogP contribution in [0.3, 0.4) is 0 Å². The molecule has 0 aromatic carbocycles. The van der Waals surface area contributed by atoms with Gasteiger partial charge in [-0.2, -0.15) is 0 Å². The van der Waals surface area contributed by atoms with Crippen molar-refractivity contribution in [1.29, 1.82) is 0 Å². The summed E-state index contributed by atoms with van der Waals surface area (Å²) in [6, 6.07) is 0.0590. The van der Waals surface area contributed by atoms with Crippen LogP contribution in [-0.2, 0) is 4.79 Å². The summed E-state index contributed by atoms with van der Waals surface area (Å²) in [4.78, 5) is 10.3. The SMILES string of the molecule is CC1=C(C)C[C@H](C=O)NC1. The van der Waals surface area contributed by atoms with Crippen molar-refractivity contribution < 1.29 is 4.79 Å². The van der Waals surface area contributed by atoms with Crippen LogP contribution < -0.4 is 5.32 Å². The van der Waals surface area contributed by atoms with E-state index in [-0.39, 0.29) is 6.04 Å². The van der Waals surface area contributed by atoms with Gasteiger partial charge in [-0.15, -0.1) is 0 Å². The lowest BCUT2D eigenvalue weighted by atomic mass is 9.99. The van der Waals surface area contributed by atoms with Crippen molar-refractivity contribution in [2.24, 2.45) is 0 Å². The molecule has 0 unspecified atom stereocenters.